The Labute approximate surface area is 145 Å². The van der Waals surface area contributed by atoms with E-state index in [0.29, 0.717) is 11.1 Å². The molecule has 0 fully saturated rings. The summed E-state index contributed by atoms with van der Waals surface area (Å²) in [4.78, 5) is 10.7. The zero-order chi connectivity index (χ0) is 18.3. The van der Waals surface area contributed by atoms with Crippen LogP contribution in [0.1, 0.15) is 53.9 Å². The molecule has 3 heteroatoms. The average molecular weight is 330 g/mol. The number of aliphatic carboxylic acids is 1. The van der Waals surface area contributed by atoms with Gasteiger partial charge in [-0.15, -0.1) is 0 Å². The zero-order valence-electron chi connectivity index (χ0n) is 15.5. The molecule has 0 unspecified atom stereocenters. The molecule has 1 rings (SSSR count). The van der Waals surface area contributed by atoms with Crippen molar-refractivity contribution in [1.29, 1.82) is 0 Å². The molecule has 0 saturated heterocycles. The quantitative estimate of drug-likeness (QED) is 0.534. The van der Waals surface area contributed by atoms with E-state index in [1.165, 1.54) is 30.4 Å². The van der Waals surface area contributed by atoms with Crippen molar-refractivity contribution in [2.45, 2.75) is 53.9 Å². The lowest BCUT2D eigenvalue weighted by molar-refractivity contribution is -0.131. The Kier molecular flexibility index (Phi) is 7.43. The van der Waals surface area contributed by atoms with E-state index in [2.05, 4.69) is 32.9 Å². The largest absolute Gasteiger partial charge is 0.478 e. The second kappa shape index (κ2) is 8.84. The van der Waals surface area contributed by atoms with Gasteiger partial charge in [0.15, 0.2) is 0 Å². The number of allylic oxidation sites excluding steroid dienone is 7. The molecule has 0 heterocycles. The minimum absolute atomic E-state index is 0.180. The number of rotatable bonds is 6. The molecule has 0 radical (unpaired) electrons. The van der Waals surface area contributed by atoms with Crippen LogP contribution in [0.15, 0.2) is 58.2 Å². The number of aliphatic hydroxyl groups excluding tert-OH is 1. The highest BCUT2D eigenvalue weighted by Crippen LogP contribution is 2.40. The highest BCUT2D eigenvalue weighted by molar-refractivity contribution is 5.81. The molecule has 24 heavy (non-hydrogen) atoms. The van der Waals surface area contributed by atoms with Gasteiger partial charge in [-0.25, -0.2) is 4.79 Å². The summed E-state index contributed by atoms with van der Waals surface area (Å²) in [6.45, 7) is 10.3. The molecule has 132 valence electrons. The van der Waals surface area contributed by atoms with Gasteiger partial charge in [-0.3, -0.25) is 0 Å². The Morgan fingerprint density at radius 2 is 1.92 bits per heavy atom. The van der Waals surface area contributed by atoms with Gasteiger partial charge in [0, 0.05) is 6.08 Å². The van der Waals surface area contributed by atoms with Crippen LogP contribution in [0, 0.1) is 5.41 Å². The predicted octanol–water partition coefficient (Wildman–Crippen LogP) is 4.97. The highest BCUT2D eigenvalue weighted by atomic mass is 16.4. The molecule has 0 aromatic heterocycles. The lowest BCUT2D eigenvalue weighted by Crippen LogP contribution is -2.19. The predicted molar refractivity (Wildman–Crippen MR) is 99.8 cm³/mol. The second-order valence-electron chi connectivity index (χ2n) is 7.19. The maximum Gasteiger partial charge on any atom is 0.328 e. The molecular weight excluding hydrogens is 300 g/mol. The van der Waals surface area contributed by atoms with Crippen LogP contribution in [0.5, 0.6) is 0 Å². The first-order valence-electron chi connectivity index (χ1n) is 8.45. The van der Waals surface area contributed by atoms with Crippen LogP contribution in [0.3, 0.4) is 0 Å². The van der Waals surface area contributed by atoms with E-state index in [4.69, 9.17) is 5.11 Å². The lowest BCUT2D eigenvalue weighted by Gasteiger charge is -2.32. The van der Waals surface area contributed by atoms with Crippen molar-refractivity contribution >= 4 is 5.97 Å². The lowest BCUT2D eigenvalue weighted by atomic mass is 9.72. The third-order valence-corrected chi connectivity index (χ3v) is 4.62. The first kappa shape index (κ1) is 20.2. The van der Waals surface area contributed by atoms with Crippen molar-refractivity contribution < 1.29 is 15.0 Å². The Hall–Kier alpha value is -1.87. The van der Waals surface area contributed by atoms with Crippen LogP contribution in [0.4, 0.5) is 0 Å². The third kappa shape index (κ3) is 5.97. The molecule has 1 aliphatic carbocycles. The Bertz CT molecular complexity index is 625. The summed E-state index contributed by atoms with van der Waals surface area (Å²) >= 11 is 0. The maximum atomic E-state index is 10.7. The number of carboxylic acids is 1. The average Bonchev–Trinajstić information content (AvgIpc) is 2.45. The molecule has 1 aliphatic rings. The van der Waals surface area contributed by atoms with Crippen LogP contribution in [-0.4, -0.2) is 22.8 Å². The van der Waals surface area contributed by atoms with E-state index in [1.807, 2.05) is 13.0 Å². The Morgan fingerprint density at radius 1 is 1.25 bits per heavy atom. The van der Waals surface area contributed by atoms with Gasteiger partial charge in [0.05, 0.1) is 6.61 Å². The summed E-state index contributed by atoms with van der Waals surface area (Å²) in [5, 5.41) is 18.2. The third-order valence-electron chi connectivity index (χ3n) is 4.62. The number of carbonyl (C=O) groups is 1. The first-order valence-corrected chi connectivity index (χ1v) is 8.45. The van der Waals surface area contributed by atoms with Crippen molar-refractivity contribution in [3.63, 3.8) is 0 Å². The van der Waals surface area contributed by atoms with Gasteiger partial charge >= 0.3 is 5.97 Å². The fourth-order valence-electron chi connectivity index (χ4n) is 3.10. The Balaban J connectivity index is 2.97. The summed E-state index contributed by atoms with van der Waals surface area (Å²) in [6.07, 6.45) is 12.7. The summed E-state index contributed by atoms with van der Waals surface area (Å²) in [7, 11) is 0. The van der Waals surface area contributed by atoms with E-state index in [0.717, 1.165) is 11.6 Å². The summed E-state index contributed by atoms with van der Waals surface area (Å²) in [6, 6.07) is 0. The van der Waals surface area contributed by atoms with Crippen molar-refractivity contribution in [2.75, 3.05) is 6.61 Å². The van der Waals surface area contributed by atoms with Crippen LogP contribution >= 0.6 is 0 Å². The molecule has 0 saturated carbocycles. The maximum absolute atomic E-state index is 10.7. The molecular formula is C21H30O3. The van der Waals surface area contributed by atoms with E-state index < -0.39 is 5.97 Å². The highest BCUT2D eigenvalue weighted by Gasteiger charge is 2.26. The molecule has 0 aromatic carbocycles. The van der Waals surface area contributed by atoms with Crippen molar-refractivity contribution in [3.05, 3.63) is 58.2 Å². The number of hydrogen-bond donors (Lipinski definition) is 2. The molecule has 0 bridgehead atoms. The zero-order valence-corrected chi connectivity index (χ0v) is 15.5. The SMILES string of the molecule is CC(C=CC1=C(C)CCCC1(C)C)=C/C=C(CO)\C(C)=C/C(=O)O. The first-order chi connectivity index (χ1) is 11.2. The number of aliphatic hydroxyl groups is 1. The van der Waals surface area contributed by atoms with Gasteiger partial charge in [0.25, 0.3) is 0 Å². The van der Waals surface area contributed by atoms with Gasteiger partial charge in [-0.2, -0.15) is 0 Å². The standard InChI is InChI=1S/C21H30O3/c1-15(8-10-18(14-22)17(3)13-20(23)24)9-11-19-16(2)7-6-12-21(19,4)5/h8-11,13,22H,6-7,12,14H2,1-5H3,(H,23,24)/b11-9?,15-8?,17-13-,18-10-. The molecule has 0 aliphatic heterocycles. The molecule has 0 atom stereocenters. The van der Waals surface area contributed by atoms with E-state index in [1.54, 1.807) is 13.0 Å². The summed E-state index contributed by atoms with van der Waals surface area (Å²) in [5.41, 5.74) is 5.32. The molecule has 0 spiro atoms. The Morgan fingerprint density at radius 3 is 2.46 bits per heavy atom. The minimum atomic E-state index is -1.01. The van der Waals surface area contributed by atoms with E-state index in [-0.39, 0.29) is 12.0 Å². The molecule has 0 amide bonds. The van der Waals surface area contributed by atoms with Gasteiger partial charge in [0.2, 0.25) is 0 Å². The van der Waals surface area contributed by atoms with Crippen LogP contribution in [0.2, 0.25) is 0 Å². The van der Waals surface area contributed by atoms with Crippen molar-refractivity contribution in [2.24, 2.45) is 5.41 Å². The normalized spacial score (nSPS) is 20.0. The van der Waals surface area contributed by atoms with Crippen molar-refractivity contribution in [3.8, 4) is 0 Å². The second-order valence-corrected chi connectivity index (χ2v) is 7.19. The number of carboxylic acid groups (broad SMARTS) is 1. The molecule has 0 aromatic rings. The van der Waals surface area contributed by atoms with Crippen LogP contribution in [0.25, 0.3) is 0 Å². The van der Waals surface area contributed by atoms with Gasteiger partial charge in [-0.1, -0.05) is 49.3 Å². The topological polar surface area (TPSA) is 57.5 Å². The minimum Gasteiger partial charge on any atom is -0.478 e. The van der Waals surface area contributed by atoms with Crippen LogP contribution < -0.4 is 0 Å². The number of hydrogen-bond acceptors (Lipinski definition) is 2. The van der Waals surface area contributed by atoms with Crippen molar-refractivity contribution in [1.82, 2.24) is 0 Å². The monoisotopic (exact) mass is 330 g/mol. The van der Waals surface area contributed by atoms with E-state index in [9.17, 15) is 9.90 Å². The smallest absolute Gasteiger partial charge is 0.328 e. The fourth-order valence-corrected chi connectivity index (χ4v) is 3.10. The van der Waals surface area contributed by atoms with Gasteiger partial charge < -0.3 is 10.2 Å². The molecule has 2 N–H and O–H groups in total. The van der Waals surface area contributed by atoms with Gasteiger partial charge in [-0.05, 0) is 62.2 Å². The molecule has 3 nitrogen and oxygen atoms in total. The van der Waals surface area contributed by atoms with Crippen LogP contribution in [-0.2, 0) is 4.79 Å². The van der Waals surface area contributed by atoms with Gasteiger partial charge in [0.1, 0.15) is 0 Å². The fraction of sp³-hybridized carbons (Fsp3) is 0.476. The summed E-state index contributed by atoms with van der Waals surface area (Å²) < 4.78 is 0. The summed E-state index contributed by atoms with van der Waals surface area (Å²) in [5.74, 6) is -1.01. The van der Waals surface area contributed by atoms with E-state index >= 15 is 0 Å².